The molecule has 3 nitrogen and oxygen atoms in total. The van der Waals surface area contributed by atoms with Crippen LogP contribution >= 0.6 is 11.6 Å². The average molecular weight is 314 g/mol. The molecule has 0 saturated carbocycles. The Morgan fingerprint density at radius 2 is 1.95 bits per heavy atom. The predicted octanol–water partition coefficient (Wildman–Crippen LogP) is 4.52. The maximum Gasteiger partial charge on any atom is 0.165 e. The van der Waals surface area contributed by atoms with Crippen LogP contribution in [0.25, 0.3) is 0 Å². The minimum atomic E-state index is 0.516. The van der Waals surface area contributed by atoms with Crippen molar-refractivity contribution >= 4 is 11.6 Å². The van der Waals surface area contributed by atoms with Crippen LogP contribution in [0, 0.1) is 11.8 Å². The molecule has 4 heteroatoms. The molecule has 0 amide bonds. The van der Waals surface area contributed by atoms with Crippen molar-refractivity contribution in [2.45, 2.75) is 40.7 Å². The van der Waals surface area contributed by atoms with Gasteiger partial charge in [-0.15, -0.1) is 0 Å². The number of hydrogen-bond donors (Lipinski definition) is 1. The summed E-state index contributed by atoms with van der Waals surface area (Å²) in [5, 5.41) is 4.10. The lowest BCUT2D eigenvalue weighted by atomic mass is 10.1. The summed E-state index contributed by atoms with van der Waals surface area (Å²) in [7, 11) is 1.65. The zero-order valence-corrected chi connectivity index (χ0v) is 14.6. The van der Waals surface area contributed by atoms with Crippen molar-refractivity contribution in [1.29, 1.82) is 0 Å². The van der Waals surface area contributed by atoms with Crippen molar-refractivity contribution < 1.29 is 9.47 Å². The smallest absolute Gasteiger partial charge is 0.165 e. The molecule has 0 heterocycles. The molecule has 0 aliphatic carbocycles. The van der Waals surface area contributed by atoms with Gasteiger partial charge in [-0.1, -0.05) is 45.7 Å². The third-order valence-corrected chi connectivity index (χ3v) is 3.61. The maximum absolute atomic E-state index is 6.17. The second-order valence-electron chi connectivity index (χ2n) is 5.95. The van der Waals surface area contributed by atoms with Crippen LogP contribution in [-0.2, 0) is 6.54 Å². The Labute approximate surface area is 134 Å². The third-order valence-electron chi connectivity index (χ3n) is 3.39. The fourth-order valence-corrected chi connectivity index (χ4v) is 2.14. The van der Waals surface area contributed by atoms with Gasteiger partial charge in [0, 0.05) is 23.2 Å². The van der Waals surface area contributed by atoms with E-state index in [1.165, 1.54) is 0 Å². The molecule has 21 heavy (non-hydrogen) atoms. The molecule has 0 aliphatic rings. The summed E-state index contributed by atoms with van der Waals surface area (Å²) >= 11 is 6.17. The zero-order chi connectivity index (χ0) is 15.8. The molecule has 0 bridgehead atoms. The van der Waals surface area contributed by atoms with E-state index in [0.29, 0.717) is 29.2 Å². The van der Waals surface area contributed by atoms with Gasteiger partial charge in [0.05, 0.1) is 13.7 Å². The zero-order valence-electron chi connectivity index (χ0n) is 13.8. The normalized spacial score (nSPS) is 12.5. The first kappa shape index (κ1) is 18.1. The van der Waals surface area contributed by atoms with Gasteiger partial charge in [-0.05, 0) is 24.4 Å². The minimum Gasteiger partial charge on any atom is -0.493 e. The molecule has 0 aliphatic heterocycles. The van der Waals surface area contributed by atoms with Gasteiger partial charge in [0.15, 0.2) is 11.5 Å². The molecule has 0 radical (unpaired) electrons. The first-order valence-corrected chi connectivity index (χ1v) is 8.05. The van der Waals surface area contributed by atoms with Crippen molar-refractivity contribution in [3.8, 4) is 11.5 Å². The summed E-state index contributed by atoms with van der Waals surface area (Å²) in [6.45, 7) is 11.1. The Morgan fingerprint density at radius 3 is 2.52 bits per heavy atom. The van der Waals surface area contributed by atoms with E-state index in [2.05, 4.69) is 33.0 Å². The first-order chi connectivity index (χ1) is 9.97. The number of rotatable bonds is 9. The summed E-state index contributed by atoms with van der Waals surface area (Å²) in [5.41, 5.74) is 1.04. The molecule has 1 atom stereocenters. The highest BCUT2D eigenvalue weighted by Gasteiger charge is 2.14. The molecule has 0 aromatic heterocycles. The molecule has 0 spiro atoms. The minimum absolute atomic E-state index is 0.516. The van der Waals surface area contributed by atoms with Gasteiger partial charge >= 0.3 is 0 Å². The van der Waals surface area contributed by atoms with Crippen LogP contribution in [0.15, 0.2) is 12.1 Å². The Balaban J connectivity index is 2.88. The van der Waals surface area contributed by atoms with E-state index in [4.69, 9.17) is 21.1 Å². The van der Waals surface area contributed by atoms with Crippen LogP contribution in [0.5, 0.6) is 11.5 Å². The van der Waals surface area contributed by atoms with Crippen LogP contribution in [0.3, 0.4) is 0 Å². The van der Waals surface area contributed by atoms with Gasteiger partial charge in [0.2, 0.25) is 0 Å². The number of methoxy groups -OCH3 is 1. The molecule has 1 aromatic rings. The summed E-state index contributed by atoms with van der Waals surface area (Å²) in [6.07, 6.45) is 1.09. The van der Waals surface area contributed by atoms with E-state index in [0.717, 1.165) is 30.8 Å². The van der Waals surface area contributed by atoms with Crippen LogP contribution in [0.1, 0.15) is 39.7 Å². The summed E-state index contributed by atoms with van der Waals surface area (Å²) in [6, 6.07) is 3.75. The van der Waals surface area contributed by atoms with E-state index < -0.39 is 0 Å². The monoisotopic (exact) mass is 313 g/mol. The second kappa shape index (κ2) is 9.16. The Morgan fingerprint density at radius 1 is 1.24 bits per heavy atom. The lowest BCUT2D eigenvalue weighted by Crippen LogP contribution is -2.20. The van der Waals surface area contributed by atoms with E-state index >= 15 is 0 Å². The molecular weight excluding hydrogens is 286 g/mol. The fourth-order valence-electron chi connectivity index (χ4n) is 1.91. The second-order valence-corrected chi connectivity index (χ2v) is 6.38. The number of benzene rings is 1. The molecule has 0 fully saturated rings. The van der Waals surface area contributed by atoms with Crippen LogP contribution in [0.4, 0.5) is 0 Å². The van der Waals surface area contributed by atoms with Crippen molar-refractivity contribution in [2.75, 3.05) is 20.3 Å². The highest BCUT2D eigenvalue weighted by Crippen LogP contribution is 2.35. The Kier molecular flexibility index (Phi) is 7.91. The number of hydrogen-bond acceptors (Lipinski definition) is 3. The topological polar surface area (TPSA) is 30.5 Å². The molecular formula is C17H28ClNO2. The summed E-state index contributed by atoms with van der Waals surface area (Å²) in [4.78, 5) is 0. The van der Waals surface area contributed by atoms with E-state index in [9.17, 15) is 0 Å². The van der Waals surface area contributed by atoms with Gasteiger partial charge in [-0.25, -0.2) is 0 Å². The quantitative estimate of drug-likeness (QED) is 0.727. The Bertz CT molecular complexity index is 435. The predicted molar refractivity (Wildman–Crippen MR) is 89.5 cm³/mol. The highest BCUT2D eigenvalue weighted by atomic mass is 35.5. The van der Waals surface area contributed by atoms with Gasteiger partial charge in [0.1, 0.15) is 0 Å². The average Bonchev–Trinajstić information content (AvgIpc) is 2.44. The third kappa shape index (κ3) is 6.15. The summed E-state index contributed by atoms with van der Waals surface area (Å²) in [5.74, 6) is 2.63. The lowest BCUT2D eigenvalue weighted by molar-refractivity contribution is 0.242. The molecule has 1 N–H and O–H groups in total. The molecule has 1 unspecified atom stereocenters. The summed E-state index contributed by atoms with van der Waals surface area (Å²) < 4.78 is 11.4. The SMILES string of the molecule is CCC(C)COc1c(CNCC(C)C)cc(Cl)cc1OC. The van der Waals surface area contributed by atoms with Crippen LogP contribution in [0.2, 0.25) is 5.02 Å². The number of nitrogens with one attached hydrogen (secondary N) is 1. The lowest BCUT2D eigenvalue weighted by Gasteiger charge is -2.18. The largest absolute Gasteiger partial charge is 0.493 e. The molecule has 1 rings (SSSR count). The van der Waals surface area contributed by atoms with Crippen molar-refractivity contribution in [2.24, 2.45) is 11.8 Å². The fraction of sp³-hybridized carbons (Fsp3) is 0.647. The van der Waals surface area contributed by atoms with Crippen molar-refractivity contribution in [3.05, 3.63) is 22.7 Å². The van der Waals surface area contributed by atoms with Crippen LogP contribution in [-0.4, -0.2) is 20.3 Å². The van der Waals surface area contributed by atoms with E-state index in [1.54, 1.807) is 13.2 Å². The maximum atomic E-state index is 6.17. The highest BCUT2D eigenvalue weighted by molar-refractivity contribution is 6.30. The van der Waals surface area contributed by atoms with Gasteiger partial charge in [-0.3, -0.25) is 0 Å². The van der Waals surface area contributed by atoms with Crippen LogP contribution < -0.4 is 14.8 Å². The number of halogens is 1. The number of ether oxygens (including phenoxy) is 2. The van der Waals surface area contributed by atoms with E-state index in [1.807, 2.05) is 6.07 Å². The van der Waals surface area contributed by atoms with Crippen molar-refractivity contribution in [1.82, 2.24) is 5.32 Å². The molecule has 120 valence electrons. The van der Waals surface area contributed by atoms with E-state index in [-0.39, 0.29) is 0 Å². The first-order valence-electron chi connectivity index (χ1n) is 7.67. The van der Waals surface area contributed by atoms with Gasteiger partial charge < -0.3 is 14.8 Å². The standard InChI is InChI=1S/C17H28ClNO2/c1-6-13(4)11-21-17-14(10-19-9-12(2)3)7-15(18)8-16(17)20-5/h7-8,12-13,19H,6,9-11H2,1-5H3. The van der Waals surface area contributed by atoms with Gasteiger partial charge in [0.25, 0.3) is 0 Å². The Hall–Kier alpha value is -0.930. The van der Waals surface area contributed by atoms with Gasteiger partial charge in [-0.2, -0.15) is 0 Å². The van der Waals surface area contributed by atoms with Crippen molar-refractivity contribution in [3.63, 3.8) is 0 Å². The molecule has 1 aromatic carbocycles. The molecule has 0 saturated heterocycles.